The van der Waals surface area contributed by atoms with E-state index in [1.165, 1.54) is 10.8 Å². The molecule has 0 saturated heterocycles. The largest absolute Gasteiger partial charge is 0.395 e. The number of aliphatic hydroxyl groups is 1. The highest BCUT2D eigenvalue weighted by Crippen LogP contribution is 2.20. The molecule has 1 unspecified atom stereocenters. The Hall–Kier alpha value is -2.07. The molecule has 0 aliphatic carbocycles. The fraction of sp³-hybridized carbons (Fsp3) is 0.353. The highest BCUT2D eigenvalue weighted by Gasteiger charge is 2.14. The lowest BCUT2D eigenvalue weighted by Gasteiger charge is -2.23. The second-order valence-electron chi connectivity index (χ2n) is 5.08. The van der Waals surface area contributed by atoms with Crippen molar-refractivity contribution in [3.05, 3.63) is 48.0 Å². The first kappa shape index (κ1) is 15.3. The van der Waals surface area contributed by atoms with E-state index in [1.807, 2.05) is 32.0 Å². The second kappa shape index (κ2) is 7.09. The average molecular weight is 286 g/mol. The number of fused-ring (bicyclic) bond motifs is 1. The van der Waals surface area contributed by atoms with Gasteiger partial charge in [-0.25, -0.2) is 4.79 Å². The summed E-state index contributed by atoms with van der Waals surface area (Å²) >= 11 is 0. The summed E-state index contributed by atoms with van der Waals surface area (Å²) in [5.41, 5.74) is 1.07. The van der Waals surface area contributed by atoms with E-state index in [-0.39, 0.29) is 18.7 Å². The summed E-state index contributed by atoms with van der Waals surface area (Å²) in [4.78, 5) is 13.7. The van der Waals surface area contributed by atoms with E-state index in [1.54, 1.807) is 4.90 Å². The van der Waals surface area contributed by atoms with Crippen LogP contribution < -0.4 is 5.32 Å². The lowest BCUT2D eigenvalue weighted by Crippen LogP contribution is -2.42. The molecule has 2 rings (SSSR count). The number of rotatable bonds is 5. The van der Waals surface area contributed by atoms with Crippen LogP contribution in [0.1, 0.15) is 25.5 Å². The molecule has 112 valence electrons. The summed E-state index contributed by atoms with van der Waals surface area (Å²) < 4.78 is 0. The molecule has 4 nitrogen and oxygen atoms in total. The Labute approximate surface area is 125 Å². The predicted molar refractivity (Wildman–Crippen MR) is 85.2 cm³/mol. The smallest absolute Gasteiger partial charge is 0.317 e. The third-order valence-electron chi connectivity index (χ3n) is 3.65. The highest BCUT2D eigenvalue weighted by molar-refractivity contribution is 5.83. The number of nitrogens with zero attached hydrogens (tertiary/aromatic N) is 1. The topological polar surface area (TPSA) is 52.6 Å². The third-order valence-corrected chi connectivity index (χ3v) is 3.65. The van der Waals surface area contributed by atoms with Crippen LogP contribution in [0.2, 0.25) is 0 Å². The van der Waals surface area contributed by atoms with Gasteiger partial charge in [0.25, 0.3) is 0 Å². The summed E-state index contributed by atoms with van der Waals surface area (Å²) in [6.07, 6.45) is 0. The minimum atomic E-state index is -0.146. The predicted octanol–water partition coefficient (Wildman–Crippen LogP) is 2.92. The van der Waals surface area contributed by atoms with Gasteiger partial charge in [-0.3, -0.25) is 0 Å². The van der Waals surface area contributed by atoms with Crippen LogP contribution in [0.5, 0.6) is 0 Å². The number of carbonyl (C=O) groups excluding carboxylic acids is 1. The molecule has 2 N–H and O–H groups in total. The molecule has 0 heterocycles. The first-order chi connectivity index (χ1) is 10.2. The summed E-state index contributed by atoms with van der Waals surface area (Å²) in [6, 6.07) is 14.1. The van der Waals surface area contributed by atoms with Crippen molar-refractivity contribution in [2.24, 2.45) is 0 Å². The van der Waals surface area contributed by atoms with Gasteiger partial charge in [-0.2, -0.15) is 0 Å². The van der Waals surface area contributed by atoms with Gasteiger partial charge in [-0.05, 0) is 36.2 Å². The van der Waals surface area contributed by atoms with Gasteiger partial charge < -0.3 is 15.3 Å². The number of hydrogen-bond donors (Lipinski definition) is 2. The third kappa shape index (κ3) is 3.73. The Kier molecular flexibility index (Phi) is 5.17. The lowest BCUT2D eigenvalue weighted by molar-refractivity contribution is 0.178. The number of amides is 2. The maximum absolute atomic E-state index is 12.1. The van der Waals surface area contributed by atoms with Gasteiger partial charge in [-0.15, -0.1) is 0 Å². The second-order valence-corrected chi connectivity index (χ2v) is 5.08. The lowest BCUT2D eigenvalue weighted by atomic mass is 10.0. The summed E-state index contributed by atoms with van der Waals surface area (Å²) in [5.74, 6) is 0. The summed E-state index contributed by atoms with van der Waals surface area (Å²) in [7, 11) is 0. The molecule has 2 aromatic carbocycles. The Morgan fingerprint density at radius 1 is 1.24 bits per heavy atom. The fourth-order valence-corrected chi connectivity index (χ4v) is 2.36. The van der Waals surface area contributed by atoms with E-state index in [2.05, 4.69) is 29.6 Å². The molecule has 0 aliphatic heterocycles. The molecular formula is C17H22N2O2. The number of hydrogen-bond acceptors (Lipinski definition) is 2. The van der Waals surface area contributed by atoms with Crippen molar-refractivity contribution in [2.75, 3.05) is 19.7 Å². The van der Waals surface area contributed by atoms with Gasteiger partial charge >= 0.3 is 6.03 Å². The molecule has 2 amide bonds. The molecule has 21 heavy (non-hydrogen) atoms. The van der Waals surface area contributed by atoms with Gasteiger partial charge in [0, 0.05) is 13.1 Å². The van der Waals surface area contributed by atoms with Crippen molar-refractivity contribution in [1.82, 2.24) is 10.2 Å². The van der Waals surface area contributed by atoms with Crippen LogP contribution in [-0.2, 0) is 0 Å². The summed E-state index contributed by atoms with van der Waals surface area (Å²) in [6.45, 7) is 4.78. The van der Waals surface area contributed by atoms with Crippen LogP contribution in [0.15, 0.2) is 42.5 Å². The number of benzene rings is 2. The van der Waals surface area contributed by atoms with Crippen molar-refractivity contribution >= 4 is 16.8 Å². The Bertz CT molecular complexity index is 613. The molecule has 0 bridgehead atoms. The molecule has 0 saturated carbocycles. The van der Waals surface area contributed by atoms with Crippen molar-refractivity contribution in [3.8, 4) is 0 Å². The first-order valence-electron chi connectivity index (χ1n) is 7.30. The molecule has 2 aromatic rings. The monoisotopic (exact) mass is 286 g/mol. The summed E-state index contributed by atoms with van der Waals surface area (Å²) in [5, 5.41) is 14.3. The average Bonchev–Trinajstić information content (AvgIpc) is 2.51. The maximum atomic E-state index is 12.1. The van der Waals surface area contributed by atoms with Gasteiger partial charge in [0.1, 0.15) is 0 Å². The maximum Gasteiger partial charge on any atom is 0.317 e. The standard InChI is InChI=1S/C17H22N2O2/c1-3-19(10-11-20)17(21)18-13(2)15-9-8-14-6-4-5-7-16(14)12-15/h4-9,12-13,20H,3,10-11H2,1-2H3,(H,18,21). The van der Waals surface area contributed by atoms with Crippen LogP contribution in [-0.4, -0.2) is 35.7 Å². The van der Waals surface area contributed by atoms with Gasteiger partial charge in [-0.1, -0.05) is 36.4 Å². The molecule has 0 fully saturated rings. The van der Waals surface area contributed by atoms with E-state index in [0.29, 0.717) is 13.1 Å². The van der Waals surface area contributed by atoms with Gasteiger partial charge in [0.2, 0.25) is 0 Å². The van der Waals surface area contributed by atoms with Gasteiger partial charge in [0.15, 0.2) is 0 Å². The SMILES string of the molecule is CCN(CCO)C(=O)NC(C)c1ccc2ccccc2c1. The first-order valence-corrected chi connectivity index (χ1v) is 7.30. The molecule has 1 atom stereocenters. The van der Waals surface area contributed by atoms with Crippen molar-refractivity contribution < 1.29 is 9.90 Å². The molecule has 4 heteroatoms. The zero-order chi connectivity index (χ0) is 15.2. The number of nitrogens with one attached hydrogen (secondary N) is 1. The molecular weight excluding hydrogens is 264 g/mol. The molecule has 0 radical (unpaired) electrons. The number of likely N-dealkylation sites (N-methyl/N-ethyl adjacent to an activating group) is 1. The number of aliphatic hydroxyl groups excluding tert-OH is 1. The van der Waals surface area contributed by atoms with E-state index >= 15 is 0 Å². The Morgan fingerprint density at radius 2 is 1.95 bits per heavy atom. The Morgan fingerprint density at radius 3 is 2.62 bits per heavy atom. The fourth-order valence-electron chi connectivity index (χ4n) is 2.36. The number of urea groups is 1. The normalized spacial score (nSPS) is 12.1. The molecule has 0 aliphatic rings. The van der Waals surface area contributed by atoms with Crippen LogP contribution in [0, 0.1) is 0 Å². The minimum absolute atomic E-state index is 0.0222. The van der Waals surface area contributed by atoms with Gasteiger partial charge in [0.05, 0.1) is 12.6 Å². The van der Waals surface area contributed by atoms with E-state index in [0.717, 1.165) is 5.56 Å². The van der Waals surface area contributed by atoms with Crippen LogP contribution in [0.25, 0.3) is 10.8 Å². The van der Waals surface area contributed by atoms with Crippen molar-refractivity contribution in [3.63, 3.8) is 0 Å². The van der Waals surface area contributed by atoms with E-state index in [4.69, 9.17) is 5.11 Å². The zero-order valence-electron chi connectivity index (χ0n) is 12.5. The van der Waals surface area contributed by atoms with E-state index < -0.39 is 0 Å². The van der Waals surface area contributed by atoms with Crippen molar-refractivity contribution in [1.29, 1.82) is 0 Å². The quantitative estimate of drug-likeness (QED) is 0.888. The van der Waals surface area contributed by atoms with Crippen LogP contribution in [0.4, 0.5) is 4.79 Å². The van der Waals surface area contributed by atoms with Crippen LogP contribution >= 0.6 is 0 Å². The molecule has 0 aromatic heterocycles. The molecule has 0 spiro atoms. The van der Waals surface area contributed by atoms with E-state index in [9.17, 15) is 4.79 Å². The van der Waals surface area contributed by atoms with Crippen molar-refractivity contribution in [2.45, 2.75) is 19.9 Å². The minimum Gasteiger partial charge on any atom is -0.395 e. The Balaban J connectivity index is 2.10. The number of carbonyl (C=O) groups is 1. The van der Waals surface area contributed by atoms with Crippen LogP contribution in [0.3, 0.4) is 0 Å². The highest BCUT2D eigenvalue weighted by atomic mass is 16.3. The zero-order valence-corrected chi connectivity index (χ0v) is 12.5.